The van der Waals surface area contributed by atoms with Gasteiger partial charge >= 0.3 is 0 Å². The van der Waals surface area contributed by atoms with E-state index in [9.17, 15) is 9.59 Å². The lowest BCUT2D eigenvalue weighted by molar-refractivity contribution is 0.0745. The summed E-state index contributed by atoms with van der Waals surface area (Å²) in [5.41, 5.74) is 1.86. The van der Waals surface area contributed by atoms with E-state index in [4.69, 9.17) is 11.6 Å². The minimum Gasteiger partial charge on any atom is -0.348 e. The van der Waals surface area contributed by atoms with E-state index in [0.717, 1.165) is 37.7 Å². The topological polar surface area (TPSA) is 67.2 Å². The van der Waals surface area contributed by atoms with Gasteiger partial charge in [-0.05, 0) is 37.0 Å². The summed E-state index contributed by atoms with van der Waals surface area (Å²) in [6.45, 7) is 1.81. The summed E-state index contributed by atoms with van der Waals surface area (Å²) in [7, 11) is 0. The van der Waals surface area contributed by atoms with Gasteiger partial charge in [0.2, 0.25) is 0 Å². The van der Waals surface area contributed by atoms with Crippen molar-refractivity contribution in [2.75, 3.05) is 6.54 Å². The molecule has 154 valence electrons. The van der Waals surface area contributed by atoms with Crippen LogP contribution in [0.4, 0.5) is 0 Å². The number of aryl methyl sites for hydroxylation is 1. The first kappa shape index (κ1) is 20.0. The Morgan fingerprint density at radius 1 is 1.07 bits per heavy atom. The Bertz CT molecular complexity index is 869. The van der Waals surface area contributed by atoms with E-state index in [1.807, 2.05) is 29.2 Å². The van der Waals surface area contributed by atoms with E-state index in [0.29, 0.717) is 36.0 Å². The summed E-state index contributed by atoms with van der Waals surface area (Å²) in [6, 6.07) is 9.39. The van der Waals surface area contributed by atoms with Crippen LogP contribution in [0, 0.1) is 0 Å². The largest absolute Gasteiger partial charge is 0.348 e. The van der Waals surface area contributed by atoms with Gasteiger partial charge in [0.1, 0.15) is 5.69 Å². The molecule has 0 atom stereocenters. The molecule has 0 saturated heterocycles. The zero-order chi connectivity index (χ0) is 20.2. The van der Waals surface area contributed by atoms with E-state index in [1.54, 1.807) is 10.7 Å². The first-order valence-corrected chi connectivity index (χ1v) is 10.9. The van der Waals surface area contributed by atoms with Crippen molar-refractivity contribution in [1.82, 2.24) is 20.0 Å². The van der Waals surface area contributed by atoms with E-state index >= 15 is 0 Å². The maximum Gasteiger partial charge on any atom is 0.272 e. The molecule has 2 aliphatic rings. The van der Waals surface area contributed by atoms with Gasteiger partial charge in [0.05, 0.1) is 0 Å². The van der Waals surface area contributed by atoms with E-state index in [2.05, 4.69) is 10.4 Å². The van der Waals surface area contributed by atoms with Gasteiger partial charge in [-0.25, -0.2) is 0 Å². The molecule has 29 heavy (non-hydrogen) atoms. The van der Waals surface area contributed by atoms with Crippen LogP contribution < -0.4 is 5.32 Å². The van der Waals surface area contributed by atoms with Crippen molar-refractivity contribution in [2.45, 2.75) is 64.1 Å². The summed E-state index contributed by atoms with van der Waals surface area (Å²) < 4.78 is 1.69. The smallest absolute Gasteiger partial charge is 0.272 e. The fourth-order valence-electron chi connectivity index (χ4n) is 4.19. The zero-order valence-corrected chi connectivity index (χ0v) is 17.3. The number of nitrogens with zero attached hydrogens (tertiary/aromatic N) is 3. The third kappa shape index (κ3) is 4.81. The summed E-state index contributed by atoms with van der Waals surface area (Å²) in [5.74, 6) is -0.256. The molecule has 1 aromatic carbocycles. The van der Waals surface area contributed by atoms with Crippen LogP contribution in [0.5, 0.6) is 0 Å². The highest BCUT2D eigenvalue weighted by Crippen LogP contribution is 2.20. The number of hydrogen-bond acceptors (Lipinski definition) is 3. The number of benzene rings is 1. The number of carbonyl (C=O) groups is 2. The molecule has 2 heterocycles. The molecule has 0 unspecified atom stereocenters. The van der Waals surface area contributed by atoms with Crippen molar-refractivity contribution in [3.05, 3.63) is 52.3 Å². The molecule has 1 N–H and O–H groups in total. The van der Waals surface area contributed by atoms with Gasteiger partial charge in [0.25, 0.3) is 11.8 Å². The number of amides is 2. The molecule has 7 heteroatoms. The summed E-state index contributed by atoms with van der Waals surface area (Å²) in [5, 5.41) is 8.24. The second-order valence-corrected chi connectivity index (χ2v) is 8.44. The predicted octanol–water partition coefficient (Wildman–Crippen LogP) is 4.04. The number of fused-ring (bicyclic) bond motifs is 1. The van der Waals surface area contributed by atoms with Gasteiger partial charge < -0.3 is 10.2 Å². The molecule has 0 spiro atoms. The highest BCUT2D eigenvalue weighted by molar-refractivity contribution is 6.30. The van der Waals surface area contributed by atoms with Crippen molar-refractivity contribution in [3.63, 3.8) is 0 Å². The Labute approximate surface area is 176 Å². The van der Waals surface area contributed by atoms with Crippen LogP contribution in [0.25, 0.3) is 0 Å². The number of hydrogen-bond donors (Lipinski definition) is 1. The van der Waals surface area contributed by atoms with Gasteiger partial charge in [-0.15, -0.1) is 0 Å². The first-order chi connectivity index (χ1) is 14.1. The molecule has 1 aromatic heterocycles. The summed E-state index contributed by atoms with van der Waals surface area (Å²) in [4.78, 5) is 27.6. The molecule has 0 radical (unpaired) electrons. The number of rotatable bonds is 4. The van der Waals surface area contributed by atoms with Crippen molar-refractivity contribution in [3.8, 4) is 0 Å². The quantitative estimate of drug-likeness (QED) is 0.768. The van der Waals surface area contributed by atoms with Gasteiger partial charge in [-0.1, -0.05) is 49.4 Å². The Hall–Kier alpha value is -2.34. The molecule has 1 saturated carbocycles. The standard InChI is InChI=1S/C22H27ClN4O2/c23-17-10-8-16(9-11-17)15-26-12-5-13-27-20(22(26)29)14-19(25-27)21(28)24-18-6-3-1-2-4-7-18/h8-11,14,18H,1-7,12-13,15H2,(H,24,28). The Kier molecular flexibility index (Phi) is 6.19. The fourth-order valence-corrected chi connectivity index (χ4v) is 4.32. The fraction of sp³-hybridized carbons (Fsp3) is 0.500. The van der Waals surface area contributed by atoms with Crippen molar-refractivity contribution in [2.24, 2.45) is 0 Å². The number of nitrogens with one attached hydrogen (secondary N) is 1. The molecule has 1 fully saturated rings. The van der Waals surface area contributed by atoms with Crippen LogP contribution in [-0.4, -0.2) is 39.1 Å². The Balaban J connectivity index is 1.47. The highest BCUT2D eigenvalue weighted by atomic mass is 35.5. The summed E-state index contributed by atoms with van der Waals surface area (Å²) >= 11 is 5.96. The third-order valence-corrected chi connectivity index (χ3v) is 6.05. The van der Waals surface area contributed by atoms with E-state index < -0.39 is 0 Å². The monoisotopic (exact) mass is 414 g/mol. The normalized spacial score (nSPS) is 18.1. The third-order valence-electron chi connectivity index (χ3n) is 5.79. The number of carbonyl (C=O) groups excluding carboxylic acids is 2. The van der Waals surface area contributed by atoms with Crippen molar-refractivity contribution >= 4 is 23.4 Å². The molecule has 0 bridgehead atoms. The maximum atomic E-state index is 13.1. The molecule has 2 aromatic rings. The average molecular weight is 415 g/mol. The number of aromatic nitrogens is 2. The maximum absolute atomic E-state index is 13.1. The lowest BCUT2D eigenvalue weighted by Crippen LogP contribution is -2.34. The van der Waals surface area contributed by atoms with Crippen LogP contribution in [0.2, 0.25) is 5.02 Å². The average Bonchev–Trinajstić information content (AvgIpc) is 2.89. The van der Waals surface area contributed by atoms with Crippen molar-refractivity contribution in [1.29, 1.82) is 0 Å². The second kappa shape index (κ2) is 8.99. The van der Waals surface area contributed by atoms with Crippen LogP contribution in [0.1, 0.15) is 71.5 Å². The van der Waals surface area contributed by atoms with Crippen LogP contribution in [0.15, 0.2) is 30.3 Å². The van der Waals surface area contributed by atoms with Gasteiger partial charge in [-0.2, -0.15) is 5.10 Å². The summed E-state index contributed by atoms with van der Waals surface area (Å²) in [6.07, 6.45) is 7.63. The lowest BCUT2D eigenvalue weighted by atomic mass is 10.1. The SMILES string of the molecule is O=C(NC1CCCCCC1)c1cc2n(n1)CCCN(Cc1ccc(Cl)cc1)C2=O. The molecule has 1 aliphatic carbocycles. The second-order valence-electron chi connectivity index (χ2n) is 8.01. The molecule has 2 amide bonds. The van der Waals surface area contributed by atoms with Gasteiger partial charge in [0.15, 0.2) is 5.69 Å². The lowest BCUT2D eigenvalue weighted by Gasteiger charge is -2.20. The Morgan fingerprint density at radius 2 is 1.79 bits per heavy atom. The molecular weight excluding hydrogens is 388 g/mol. The minimum absolute atomic E-state index is 0.0848. The number of halogens is 1. The molecule has 6 nitrogen and oxygen atoms in total. The zero-order valence-electron chi connectivity index (χ0n) is 16.6. The first-order valence-electron chi connectivity index (χ1n) is 10.5. The van der Waals surface area contributed by atoms with Crippen LogP contribution in [-0.2, 0) is 13.1 Å². The van der Waals surface area contributed by atoms with Crippen molar-refractivity contribution < 1.29 is 9.59 Å². The van der Waals surface area contributed by atoms with E-state index in [1.165, 1.54) is 12.8 Å². The van der Waals surface area contributed by atoms with Gasteiger partial charge in [-0.3, -0.25) is 14.3 Å². The van der Waals surface area contributed by atoms with E-state index in [-0.39, 0.29) is 17.9 Å². The minimum atomic E-state index is -0.172. The molecular formula is C22H27ClN4O2. The predicted molar refractivity (Wildman–Crippen MR) is 112 cm³/mol. The van der Waals surface area contributed by atoms with Gasteiger partial charge in [0, 0.05) is 36.8 Å². The molecule has 4 rings (SSSR count). The van der Waals surface area contributed by atoms with Crippen LogP contribution >= 0.6 is 11.6 Å². The Morgan fingerprint density at radius 3 is 2.52 bits per heavy atom. The molecule has 1 aliphatic heterocycles. The van der Waals surface area contributed by atoms with Crippen LogP contribution in [0.3, 0.4) is 0 Å². The highest BCUT2D eigenvalue weighted by Gasteiger charge is 2.27.